The molecule has 7 nitrogen and oxygen atoms in total. The Kier molecular flexibility index (Phi) is 8.57. The fourth-order valence-electron chi connectivity index (χ4n) is 3.39. The topological polar surface area (TPSA) is 82.1 Å². The number of likely N-dealkylation sites (tertiary alicyclic amines) is 1. The predicted molar refractivity (Wildman–Crippen MR) is 110 cm³/mol. The number of aliphatic carboxylic acids is 1. The highest BCUT2D eigenvalue weighted by molar-refractivity contribution is 5.89. The van der Waals surface area contributed by atoms with Gasteiger partial charge >= 0.3 is 12.0 Å². The summed E-state index contributed by atoms with van der Waals surface area (Å²) in [5.74, 6) is 0.534. The van der Waals surface area contributed by atoms with E-state index in [1.54, 1.807) is 4.90 Å². The molecular formula is C21H33N3O4. The SMILES string of the molecule is CCN(CC(=O)O)C1CCN(C(=O)Nc2cccc(OCCC(C)C)c2)CC1. The number of anilines is 1. The number of carbonyl (C=O) groups is 2. The van der Waals surface area contributed by atoms with E-state index >= 15 is 0 Å². The van der Waals surface area contributed by atoms with Gasteiger partial charge in [-0.05, 0) is 43.9 Å². The molecule has 0 radical (unpaired) electrons. The fourth-order valence-corrected chi connectivity index (χ4v) is 3.39. The molecule has 1 aromatic carbocycles. The Morgan fingerprint density at radius 3 is 2.64 bits per heavy atom. The van der Waals surface area contributed by atoms with E-state index in [9.17, 15) is 9.59 Å². The number of likely N-dealkylation sites (N-methyl/N-ethyl adjacent to an activating group) is 1. The van der Waals surface area contributed by atoms with Gasteiger partial charge in [0, 0.05) is 30.9 Å². The summed E-state index contributed by atoms with van der Waals surface area (Å²) in [4.78, 5) is 27.3. The van der Waals surface area contributed by atoms with Gasteiger partial charge in [-0.25, -0.2) is 4.79 Å². The summed E-state index contributed by atoms with van der Waals surface area (Å²) in [6, 6.07) is 7.55. The lowest BCUT2D eigenvalue weighted by Gasteiger charge is -2.37. The number of rotatable bonds is 9. The van der Waals surface area contributed by atoms with E-state index in [1.807, 2.05) is 36.1 Å². The van der Waals surface area contributed by atoms with Crippen molar-refractivity contribution in [1.29, 1.82) is 0 Å². The average Bonchev–Trinajstić information content (AvgIpc) is 2.66. The van der Waals surface area contributed by atoms with Crippen molar-refractivity contribution in [1.82, 2.24) is 9.80 Å². The fraction of sp³-hybridized carbons (Fsp3) is 0.619. The van der Waals surface area contributed by atoms with Crippen LogP contribution in [-0.4, -0.2) is 65.7 Å². The Balaban J connectivity index is 1.83. The van der Waals surface area contributed by atoms with Gasteiger partial charge in [-0.15, -0.1) is 0 Å². The highest BCUT2D eigenvalue weighted by Crippen LogP contribution is 2.20. The molecule has 2 rings (SSSR count). The van der Waals surface area contributed by atoms with Crippen LogP contribution in [0.3, 0.4) is 0 Å². The van der Waals surface area contributed by atoms with E-state index in [-0.39, 0.29) is 18.6 Å². The summed E-state index contributed by atoms with van der Waals surface area (Å²) in [7, 11) is 0. The van der Waals surface area contributed by atoms with E-state index in [2.05, 4.69) is 19.2 Å². The molecule has 0 aromatic heterocycles. The van der Waals surface area contributed by atoms with Gasteiger partial charge in [-0.2, -0.15) is 0 Å². The summed E-state index contributed by atoms with van der Waals surface area (Å²) in [6.45, 7) is 8.94. The molecule has 28 heavy (non-hydrogen) atoms. The van der Waals surface area contributed by atoms with E-state index in [1.165, 1.54) is 0 Å². The number of piperidine rings is 1. The second kappa shape index (κ2) is 10.9. The first kappa shape index (κ1) is 22.0. The van der Waals surface area contributed by atoms with E-state index in [0.29, 0.717) is 32.2 Å². The summed E-state index contributed by atoms with van der Waals surface area (Å²) in [5.41, 5.74) is 0.718. The average molecular weight is 392 g/mol. The summed E-state index contributed by atoms with van der Waals surface area (Å²) < 4.78 is 5.75. The van der Waals surface area contributed by atoms with Crippen LogP contribution in [0.15, 0.2) is 24.3 Å². The van der Waals surface area contributed by atoms with Crippen LogP contribution in [-0.2, 0) is 4.79 Å². The van der Waals surface area contributed by atoms with E-state index < -0.39 is 5.97 Å². The molecule has 1 fully saturated rings. The quantitative estimate of drug-likeness (QED) is 0.673. The van der Waals surface area contributed by atoms with Crippen LogP contribution >= 0.6 is 0 Å². The minimum absolute atomic E-state index is 0.0525. The Labute approximate surface area is 167 Å². The zero-order valence-electron chi connectivity index (χ0n) is 17.2. The molecular weight excluding hydrogens is 358 g/mol. The number of carbonyl (C=O) groups excluding carboxylic acids is 1. The lowest BCUT2D eigenvalue weighted by molar-refractivity contribution is -0.139. The van der Waals surface area contributed by atoms with Crippen LogP contribution < -0.4 is 10.1 Å². The molecule has 0 spiro atoms. The van der Waals surface area contributed by atoms with Crippen molar-refractivity contribution in [3.63, 3.8) is 0 Å². The third-order valence-electron chi connectivity index (χ3n) is 5.06. The molecule has 1 saturated heterocycles. The van der Waals surface area contributed by atoms with Crippen molar-refractivity contribution >= 4 is 17.7 Å². The Morgan fingerprint density at radius 1 is 1.32 bits per heavy atom. The van der Waals surface area contributed by atoms with Gasteiger partial charge in [0.1, 0.15) is 5.75 Å². The zero-order chi connectivity index (χ0) is 20.5. The third kappa shape index (κ3) is 7.03. The number of urea groups is 1. The molecule has 1 aromatic rings. The number of hydrogen-bond donors (Lipinski definition) is 2. The van der Waals surface area contributed by atoms with E-state index in [0.717, 1.165) is 30.7 Å². The van der Waals surface area contributed by atoms with Gasteiger partial charge in [0.2, 0.25) is 0 Å². The Morgan fingerprint density at radius 2 is 2.04 bits per heavy atom. The highest BCUT2D eigenvalue weighted by atomic mass is 16.5. The first-order chi connectivity index (χ1) is 13.4. The molecule has 0 atom stereocenters. The standard InChI is InChI=1S/C21H33N3O4/c1-4-23(15-20(25)26)18-8-11-24(12-9-18)21(27)22-17-6-5-7-19(14-17)28-13-10-16(2)3/h5-7,14,16,18H,4,8-13,15H2,1-3H3,(H,22,27)(H,25,26). The van der Waals surface area contributed by atoms with Crippen LogP contribution in [0.5, 0.6) is 5.75 Å². The molecule has 1 aliphatic rings. The van der Waals surface area contributed by atoms with Crippen molar-refractivity contribution in [2.45, 2.75) is 46.1 Å². The third-order valence-corrected chi connectivity index (χ3v) is 5.06. The number of carboxylic acid groups (broad SMARTS) is 1. The number of carboxylic acids is 1. The first-order valence-corrected chi connectivity index (χ1v) is 10.1. The largest absolute Gasteiger partial charge is 0.494 e. The molecule has 2 amide bonds. The van der Waals surface area contributed by atoms with Crippen LogP contribution in [0.1, 0.15) is 40.0 Å². The molecule has 0 bridgehead atoms. The summed E-state index contributed by atoms with van der Waals surface area (Å²) >= 11 is 0. The van der Waals surface area contributed by atoms with Gasteiger partial charge in [0.15, 0.2) is 0 Å². The molecule has 0 unspecified atom stereocenters. The van der Waals surface area contributed by atoms with Gasteiger partial charge in [0.25, 0.3) is 0 Å². The van der Waals surface area contributed by atoms with Gasteiger partial charge in [-0.1, -0.05) is 26.8 Å². The number of nitrogens with zero attached hydrogens (tertiary/aromatic N) is 2. The minimum Gasteiger partial charge on any atom is -0.494 e. The van der Waals surface area contributed by atoms with Gasteiger partial charge < -0.3 is 20.1 Å². The molecule has 2 N–H and O–H groups in total. The number of hydrogen-bond acceptors (Lipinski definition) is 4. The second-order valence-corrected chi connectivity index (χ2v) is 7.66. The number of nitrogens with one attached hydrogen (secondary N) is 1. The van der Waals surface area contributed by atoms with Crippen molar-refractivity contribution in [3.8, 4) is 5.75 Å². The van der Waals surface area contributed by atoms with Crippen molar-refractivity contribution in [3.05, 3.63) is 24.3 Å². The van der Waals surface area contributed by atoms with Gasteiger partial charge in [-0.3, -0.25) is 9.69 Å². The number of ether oxygens (including phenoxy) is 1. The zero-order valence-corrected chi connectivity index (χ0v) is 17.2. The number of amides is 2. The summed E-state index contributed by atoms with van der Waals surface area (Å²) in [6.07, 6.45) is 2.56. The van der Waals surface area contributed by atoms with Crippen LogP contribution in [0, 0.1) is 5.92 Å². The molecule has 7 heteroatoms. The molecule has 0 saturated carbocycles. The van der Waals surface area contributed by atoms with Crippen LogP contribution in [0.2, 0.25) is 0 Å². The van der Waals surface area contributed by atoms with Crippen LogP contribution in [0.25, 0.3) is 0 Å². The maximum absolute atomic E-state index is 12.6. The maximum Gasteiger partial charge on any atom is 0.321 e. The Bertz CT molecular complexity index is 642. The first-order valence-electron chi connectivity index (χ1n) is 10.1. The highest BCUT2D eigenvalue weighted by Gasteiger charge is 2.27. The second-order valence-electron chi connectivity index (χ2n) is 7.66. The smallest absolute Gasteiger partial charge is 0.321 e. The van der Waals surface area contributed by atoms with Crippen molar-refractivity contribution in [2.24, 2.45) is 5.92 Å². The van der Waals surface area contributed by atoms with Crippen molar-refractivity contribution in [2.75, 3.05) is 38.1 Å². The number of benzene rings is 1. The molecule has 0 aliphatic carbocycles. The predicted octanol–water partition coefficient (Wildman–Crippen LogP) is 3.51. The van der Waals surface area contributed by atoms with Gasteiger partial charge in [0.05, 0.1) is 13.2 Å². The monoisotopic (exact) mass is 391 g/mol. The van der Waals surface area contributed by atoms with Crippen molar-refractivity contribution < 1.29 is 19.4 Å². The molecule has 1 aliphatic heterocycles. The lowest BCUT2D eigenvalue weighted by atomic mass is 10.0. The van der Waals surface area contributed by atoms with Crippen LogP contribution in [0.4, 0.5) is 10.5 Å². The normalized spacial score (nSPS) is 15.1. The molecule has 1 heterocycles. The maximum atomic E-state index is 12.6. The summed E-state index contributed by atoms with van der Waals surface area (Å²) in [5, 5.41) is 12.0. The molecule has 156 valence electrons. The lowest BCUT2D eigenvalue weighted by Crippen LogP contribution is -2.49. The minimum atomic E-state index is -0.808. The van der Waals surface area contributed by atoms with E-state index in [4.69, 9.17) is 9.84 Å². The Hall–Kier alpha value is -2.28.